The molecule has 1 aliphatic rings. The predicted octanol–water partition coefficient (Wildman–Crippen LogP) is 3.47. The first-order chi connectivity index (χ1) is 10.7. The Morgan fingerprint density at radius 3 is 2.65 bits per heavy atom. The van der Waals surface area contributed by atoms with E-state index in [-0.39, 0.29) is 11.7 Å². The highest BCUT2D eigenvalue weighted by molar-refractivity contribution is 5.97. The van der Waals surface area contributed by atoms with Crippen LogP contribution in [0.25, 0.3) is 0 Å². The Morgan fingerprint density at radius 1 is 1.35 bits per heavy atom. The highest BCUT2D eigenvalue weighted by Gasteiger charge is 2.36. The summed E-state index contributed by atoms with van der Waals surface area (Å²) >= 11 is 0. The molecule has 1 fully saturated rings. The molecule has 2 amide bonds. The van der Waals surface area contributed by atoms with Crippen molar-refractivity contribution >= 4 is 17.7 Å². The molecule has 2 rings (SSSR count). The first kappa shape index (κ1) is 17.2. The van der Waals surface area contributed by atoms with Crippen LogP contribution in [0.2, 0.25) is 0 Å². The summed E-state index contributed by atoms with van der Waals surface area (Å²) in [4.78, 5) is 26.1. The fourth-order valence-corrected chi connectivity index (χ4v) is 2.56. The molecule has 1 N–H and O–H groups in total. The zero-order chi connectivity index (χ0) is 17.2. The van der Waals surface area contributed by atoms with E-state index in [9.17, 15) is 14.0 Å². The molecule has 0 saturated carbocycles. The van der Waals surface area contributed by atoms with Crippen molar-refractivity contribution in [2.75, 3.05) is 11.9 Å². The number of carbonyl (C=O) groups is 2. The van der Waals surface area contributed by atoms with E-state index in [2.05, 4.69) is 5.32 Å². The quantitative estimate of drug-likeness (QED) is 0.907. The number of hydrogen-bond donors (Lipinski definition) is 1. The third-order valence-electron chi connectivity index (χ3n) is 3.63. The van der Waals surface area contributed by atoms with Gasteiger partial charge in [-0.1, -0.05) is 0 Å². The lowest BCUT2D eigenvalue weighted by atomic mass is 10.1. The molecule has 0 aliphatic carbocycles. The van der Waals surface area contributed by atoms with Gasteiger partial charge in [-0.05, 0) is 64.3 Å². The standard InChI is InChI=1S/C17H23FN2O3/c1-11-10-12(18)7-8-13(11)19-15(21)14-6-5-9-20(14)16(22)23-17(2,3)4/h7-8,10,14H,5-6,9H2,1-4H3,(H,19,21). The minimum Gasteiger partial charge on any atom is -0.444 e. The van der Waals surface area contributed by atoms with Gasteiger partial charge in [0.15, 0.2) is 0 Å². The molecule has 6 heteroatoms. The van der Waals surface area contributed by atoms with E-state index in [0.717, 1.165) is 6.42 Å². The first-order valence-corrected chi connectivity index (χ1v) is 7.74. The molecule has 126 valence electrons. The number of rotatable bonds is 2. The molecule has 1 heterocycles. The van der Waals surface area contributed by atoms with Crippen LogP contribution in [0.1, 0.15) is 39.2 Å². The van der Waals surface area contributed by atoms with Crippen LogP contribution in [-0.2, 0) is 9.53 Å². The number of hydrogen-bond acceptors (Lipinski definition) is 3. The van der Waals surface area contributed by atoms with E-state index < -0.39 is 17.7 Å². The fraction of sp³-hybridized carbons (Fsp3) is 0.529. The van der Waals surface area contributed by atoms with Gasteiger partial charge in [0, 0.05) is 12.2 Å². The number of benzene rings is 1. The number of aryl methyl sites for hydroxylation is 1. The summed E-state index contributed by atoms with van der Waals surface area (Å²) in [5.41, 5.74) is 0.585. The highest BCUT2D eigenvalue weighted by Crippen LogP contribution is 2.23. The third kappa shape index (κ3) is 4.43. The third-order valence-corrected chi connectivity index (χ3v) is 3.63. The maximum atomic E-state index is 13.1. The Hall–Kier alpha value is -2.11. The second-order valence-corrected chi connectivity index (χ2v) is 6.78. The van der Waals surface area contributed by atoms with Crippen molar-refractivity contribution in [3.8, 4) is 0 Å². The lowest BCUT2D eigenvalue weighted by Crippen LogP contribution is -2.45. The first-order valence-electron chi connectivity index (χ1n) is 7.74. The average molecular weight is 322 g/mol. The van der Waals surface area contributed by atoms with Crippen LogP contribution < -0.4 is 5.32 Å². The Morgan fingerprint density at radius 2 is 2.04 bits per heavy atom. The summed E-state index contributed by atoms with van der Waals surface area (Å²) in [6.45, 7) is 7.59. The monoisotopic (exact) mass is 322 g/mol. The molecule has 1 aromatic carbocycles. The lowest BCUT2D eigenvalue weighted by molar-refractivity contribution is -0.120. The highest BCUT2D eigenvalue weighted by atomic mass is 19.1. The molecular formula is C17H23FN2O3. The SMILES string of the molecule is Cc1cc(F)ccc1NC(=O)C1CCCN1C(=O)OC(C)(C)C. The summed E-state index contributed by atoms with van der Waals surface area (Å²) in [5, 5.41) is 2.77. The number of halogens is 1. The average Bonchev–Trinajstić information content (AvgIpc) is 2.89. The van der Waals surface area contributed by atoms with Crippen molar-refractivity contribution in [3.63, 3.8) is 0 Å². The van der Waals surface area contributed by atoms with Crippen molar-refractivity contribution in [1.29, 1.82) is 0 Å². The van der Waals surface area contributed by atoms with E-state index in [0.29, 0.717) is 24.2 Å². The van der Waals surface area contributed by atoms with Crippen LogP contribution >= 0.6 is 0 Å². The molecule has 0 radical (unpaired) electrons. The summed E-state index contributed by atoms with van der Waals surface area (Å²) in [6, 6.07) is 3.61. The molecule has 1 unspecified atom stereocenters. The van der Waals surface area contributed by atoms with Gasteiger partial charge < -0.3 is 10.1 Å². The van der Waals surface area contributed by atoms with Gasteiger partial charge in [-0.2, -0.15) is 0 Å². The molecule has 1 aliphatic heterocycles. The number of amides is 2. The van der Waals surface area contributed by atoms with Crippen LogP contribution in [-0.4, -0.2) is 35.1 Å². The Labute approximate surface area is 135 Å². The van der Waals surface area contributed by atoms with E-state index in [1.54, 1.807) is 27.7 Å². The van der Waals surface area contributed by atoms with Gasteiger partial charge in [0.2, 0.25) is 5.91 Å². The van der Waals surface area contributed by atoms with Crippen molar-refractivity contribution in [2.45, 2.75) is 52.2 Å². The number of carbonyl (C=O) groups excluding carboxylic acids is 2. The normalized spacial score (nSPS) is 18.0. The zero-order valence-electron chi connectivity index (χ0n) is 14.0. The largest absolute Gasteiger partial charge is 0.444 e. The Balaban J connectivity index is 2.07. The zero-order valence-corrected chi connectivity index (χ0v) is 14.0. The van der Waals surface area contributed by atoms with E-state index in [4.69, 9.17) is 4.74 Å². The van der Waals surface area contributed by atoms with Gasteiger partial charge >= 0.3 is 6.09 Å². The molecule has 1 atom stereocenters. The van der Waals surface area contributed by atoms with Crippen LogP contribution in [0.5, 0.6) is 0 Å². The van der Waals surface area contributed by atoms with Gasteiger partial charge in [0.05, 0.1) is 0 Å². The molecule has 23 heavy (non-hydrogen) atoms. The second kappa shape index (κ2) is 6.56. The van der Waals surface area contributed by atoms with Gasteiger partial charge in [-0.25, -0.2) is 9.18 Å². The minimum atomic E-state index is -0.603. The van der Waals surface area contributed by atoms with E-state index in [1.165, 1.54) is 23.1 Å². The van der Waals surface area contributed by atoms with Gasteiger partial charge in [-0.15, -0.1) is 0 Å². The number of likely N-dealkylation sites (tertiary alicyclic amines) is 1. The van der Waals surface area contributed by atoms with Gasteiger partial charge in [0.1, 0.15) is 17.5 Å². The number of nitrogens with zero attached hydrogens (tertiary/aromatic N) is 1. The number of ether oxygens (including phenoxy) is 1. The maximum absolute atomic E-state index is 13.1. The molecular weight excluding hydrogens is 299 g/mol. The minimum absolute atomic E-state index is 0.275. The van der Waals surface area contributed by atoms with Crippen molar-refractivity contribution in [3.05, 3.63) is 29.6 Å². The molecule has 0 bridgehead atoms. The lowest BCUT2D eigenvalue weighted by Gasteiger charge is -2.28. The smallest absolute Gasteiger partial charge is 0.410 e. The van der Waals surface area contributed by atoms with Crippen molar-refractivity contribution in [1.82, 2.24) is 4.90 Å². The van der Waals surface area contributed by atoms with Crippen LogP contribution in [0.3, 0.4) is 0 Å². The van der Waals surface area contributed by atoms with E-state index >= 15 is 0 Å². The second-order valence-electron chi connectivity index (χ2n) is 6.78. The summed E-state index contributed by atoms with van der Waals surface area (Å²) in [7, 11) is 0. The topological polar surface area (TPSA) is 58.6 Å². The summed E-state index contributed by atoms with van der Waals surface area (Å²) in [5.74, 6) is -0.625. The molecule has 5 nitrogen and oxygen atoms in total. The Bertz CT molecular complexity index is 610. The summed E-state index contributed by atoms with van der Waals surface area (Å²) < 4.78 is 18.5. The molecule has 0 aromatic heterocycles. The van der Waals surface area contributed by atoms with Crippen LogP contribution in [0, 0.1) is 12.7 Å². The number of anilines is 1. The maximum Gasteiger partial charge on any atom is 0.410 e. The molecule has 0 spiro atoms. The van der Waals surface area contributed by atoms with Crippen LogP contribution in [0.15, 0.2) is 18.2 Å². The molecule has 1 saturated heterocycles. The summed E-state index contributed by atoms with van der Waals surface area (Å²) in [6.07, 6.45) is 0.858. The predicted molar refractivity (Wildman–Crippen MR) is 85.7 cm³/mol. The van der Waals surface area contributed by atoms with Crippen molar-refractivity contribution < 1.29 is 18.7 Å². The fourth-order valence-electron chi connectivity index (χ4n) is 2.56. The van der Waals surface area contributed by atoms with Gasteiger partial charge in [0.25, 0.3) is 0 Å². The number of nitrogens with one attached hydrogen (secondary N) is 1. The van der Waals surface area contributed by atoms with E-state index in [1.807, 2.05) is 0 Å². The van der Waals surface area contributed by atoms with Gasteiger partial charge in [-0.3, -0.25) is 9.69 Å². The Kier molecular flexibility index (Phi) is 4.92. The van der Waals surface area contributed by atoms with Crippen LogP contribution in [0.4, 0.5) is 14.9 Å². The molecule has 1 aromatic rings. The van der Waals surface area contributed by atoms with Crippen molar-refractivity contribution in [2.24, 2.45) is 0 Å².